The topological polar surface area (TPSA) is 48.8 Å². The fraction of sp³-hybridized carbons (Fsp3) is 0.600. The maximum atomic E-state index is 15.3. The second kappa shape index (κ2) is 8.50. The van der Waals surface area contributed by atoms with Gasteiger partial charge in [0.15, 0.2) is 0 Å². The van der Waals surface area contributed by atoms with Crippen molar-refractivity contribution in [3.63, 3.8) is 0 Å². The van der Waals surface area contributed by atoms with Gasteiger partial charge in [-0.15, -0.1) is 0 Å². The van der Waals surface area contributed by atoms with Crippen LogP contribution in [0.2, 0.25) is 0 Å². The maximum absolute atomic E-state index is 15.3. The Kier molecular flexibility index (Phi) is 5.70. The van der Waals surface area contributed by atoms with E-state index in [1.165, 1.54) is 6.07 Å². The maximum Gasteiger partial charge on any atom is 0.259 e. The molecule has 0 radical (unpaired) electrons. The highest BCUT2D eigenvalue weighted by Gasteiger charge is 2.30. The van der Waals surface area contributed by atoms with Crippen LogP contribution in [0.1, 0.15) is 55.9 Å². The van der Waals surface area contributed by atoms with Crippen LogP contribution in [-0.4, -0.2) is 66.1 Å². The number of pyridine rings is 1. The zero-order valence-corrected chi connectivity index (χ0v) is 19.1. The smallest absolute Gasteiger partial charge is 0.259 e. The molecule has 1 saturated carbocycles. The molecule has 3 fully saturated rings. The van der Waals surface area contributed by atoms with Gasteiger partial charge in [-0.3, -0.25) is 9.59 Å². The Morgan fingerprint density at radius 1 is 1.09 bits per heavy atom. The molecule has 7 heteroatoms. The first-order chi connectivity index (χ1) is 15.5. The van der Waals surface area contributed by atoms with E-state index in [9.17, 15) is 9.59 Å². The van der Waals surface area contributed by atoms with Gasteiger partial charge in [0.1, 0.15) is 11.4 Å². The number of fused-ring (bicyclic) bond motifs is 1. The van der Waals surface area contributed by atoms with Crippen molar-refractivity contribution >= 4 is 22.5 Å². The number of likely N-dealkylation sites (tertiary alicyclic amines) is 1. The van der Waals surface area contributed by atoms with Crippen LogP contribution in [0.4, 0.5) is 10.1 Å². The van der Waals surface area contributed by atoms with E-state index in [0.29, 0.717) is 30.1 Å². The van der Waals surface area contributed by atoms with E-state index in [-0.39, 0.29) is 28.8 Å². The highest BCUT2D eigenvalue weighted by Crippen LogP contribution is 2.38. The van der Waals surface area contributed by atoms with Crippen LogP contribution in [-0.2, 0) is 0 Å². The number of benzene rings is 1. The van der Waals surface area contributed by atoms with Crippen molar-refractivity contribution in [3.05, 3.63) is 39.9 Å². The minimum atomic E-state index is -0.377. The van der Waals surface area contributed by atoms with Crippen LogP contribution < -0.4 is 10.3 Å². The lowest BCUT2D eigenvalue weighted by atomic mass is 9.99. The highest BCUT2D eigenvalue weighted by atomic mass is 19.1. The minimum absolute atomic E-state index is 0.183. The minimum Gasteiger partial charge on any atom is -0.367 e. The van der Waals surface area contributed by atoms with Gasteiger partial charge in [0, 0.05) is 56.9 Å². The Morgan fingerprint density at radius 3 is 2.50 bits per heavy atom. The van der Waals surface area contributed by atoms with Crippen LogP contribution in [0.15, 0.2) is 23.1 Å². The molecule has 1 aliphatic carbocycles. The van der Waals surface area contributed by atoms with Gasteiger partial charge in [0.05, 0.1) is 11.2 Å². The molecule has 2 aromatic rings. The molecular weight excluding hydrogens is 407 g/mol. The van der Waals surface area contributed by atoms with Gasteiger partial charge in [-0.1, -0.05) is 13.8 Å². The molecule has 3 heterocycles. The molecule has 0 unspecified atom stereocenters. The Balaban J connectivity index is 1.55. The van der Waals surface area contributed by atoms with E-state index in [4.69, 9.17) is 0 Å². The fourth-order valence-corrected chi connectivity index (χ4v) is 5.26. The Hall–Kier alpha value is -2.41. The predicted molar refractivity (Wildman–Crippen MR) is 125 cm³/mol. The number of hydrogen-bond donors (Lipinski definition) is 0. The second-order valence-electron chi connectivity index (χ2n) is 9.75. The first-order valence-corrected chi connectivity index (χ1v) is 12.1. The number of amides is 1. The molecule has 6 nitrogen and oxygen atoms in total. The first-order valence-electron chi connectivity index (χ1n) is 12.1. The molecular formula is C25H33FN4O2. The lowest BCUT2D eigenvalue weighted by molar-refractivity contribution is 0.0681. The van der Waals surface area contributed by atoms with E-state index in [2.05, 4.69) is 28.2 Å². The van der Waals surface area contributed by atoms with E-state index in [1.54, 1.807) is 11.1 Å². The quantitative estimate of drug-likeness (QED) is 0.730. The number of aromatic nitrogens is 1. The fourth-order valence-electron chi connectivity index (χ4n) is 5.26. The molecule has 32 heavy (non-hydrogen) atoms. The third kappa shape index (κ3) is 3.91. The first kappa shape index (κ1) is 21.4. The normalized spacial score (nSPS) is 22.5. The Morgan fingerprint density at radius 2 is 1.84 bits per heavy atom. The summed E-state index contributed by atoms with van der Waals surface area (Å²) in [5.41, 5.74) is 1.14. The van der Waals surface area contributed by atoms with Crippen molar-refractivity contribution in [2.45, 2.75) is 45.6 Å². The summed E-state index contributed by atoms with van der Waals surface area (Å²) < 4.78 is 17.3. The van der Waals surface area contributed by atoms with E-state index < -0.39 is 0 Å². The molecule has 1 aromatic heterocycles. The zero-order valence-electron chi connectivity index (χ0n) is 19.1. The van der Waals surface area contributed by atoms with Crippen molar-refractivity contribution < 1.29 is 9.18 Å². The van der Waals surface area contributed by atoms with Crippen molar-refractivity contribution in [1.29, 1.82) is 0 Å². The summed E-state index contributed by atoms with van der Waals surface area (Å²) in [6, 6.07) is 3.48. The number of piperazine rings is 1. The SMILES string of the molecule is CCN1CCN(c2cc3c(cc2F)c(=O)c(C(=O)N2CCC[C@@H](C)C2)cn3C2CC2)CC1. The lowest BCUT2D eigenvalue weighted by Crippen LogP contribution is -2.46. The molecule has 2 saturated heterocycles. The Bertz CT molecular complexity index is 1090. The predicted octanol–water partition coefficient (Wildman–Crippen LogP) is 3.49. The third-order valence-corrected chi connectivity index (χ3v) is 7.38. The number of anilines is 1. The summed E-state index contributed by atoms with van der Waals surface area (Å²) in [5.74, 6) is -0.150. The molecule has 1 aromatic carbocycles. The molecule has 172 valence electrons. The summed E-state index contributed by atoms with van der Waals surface area (Å²) in [5, 5.41) is 0.321. The van der Waals surface area contributed by atoms with Gasteiger partial charge in [0.25, 0.3) is 5.91 Å². The van der Waals surface area contributed by atoms with E-state index in [1.807, 2.05) is 6.07 Å². The number of nitrogens with zero attached hydrogens (tertiary/aromatic N) is 4. The highest BCUT2D eigenvalue weighted by molar-refractivity contribution is 5.98. The zero-order chi connectivity index (χ0) is 22.4. The summed E-state index contributed by atoms with van der Waals surface area (Å²) in [7, 11) is 0. The average Bonchev–Trinajstić information content (AvgIpc) is 3.64. The number of halogens is 1. The second-order valence-corrected chi connectivity index (χ2v) is 9.75. The van der Waals surface area contributed by atoms with Gasteiger partial charge in [0.2, 0.25) is 5.43 Å². The van der Waals surface area contributed by atoms with Gasteiger partial charge in [-0.25, -0.2) is 4.39 Å². The van der Waals surface area contributed by atoms with Gasteiger partial charge < -0.3 is 19.3 Å². The summed E-state index contributed by atoms with van der Waals surface area (Å²) in [6.45, 7) is 10.0. The molecule has 3 aliphatic rings. The molecule has 0 bridgehead atoms. The van der Waals surface area contributed by atoms with Crippen molar-refractivity contribution in [3.8, 4) is 0 Å². The van der Waals surface area contributed by atoms with Crippen LogP contribution >= 0.6 is 0 Å². The number of piperidine rings is 1. The molecule has 5 rings (SSSR count). The number of hydrogen-bond acceptors (Lipinski definition) is 4. The van der Waals surface area contributed by atoms with Crippen molar-refractivity contribution in [2.75, 3.05) is 50.7 Å². The summed E-state index contributed by atoms with van der Waals surface area (Å²) in [6.07, 6.45) is 5.86. The largest absolute Gasteiger partial charge is 0.367 e. The van der Waals surface area contributed by atoms with Crippen molar-refractivity contribution in [2.24, 2.45) is 5.92 Å². The molecule has 2 aliphatic heterocycles. The average molecular weight is 441 g/mol. The third-order valence-electron chi connectivity index (χ3n) is 7.38. The van der Waals surface area contributed by atoms with Crippen molar-refractivity contribution in [1.82, 2.24) is 14.4 Å². The van der Waals surface area contributed by atoms with Crippen LogP contribution in [0, 0.1) is 11.7 Å². The number of carbonyl (C=O) groups excluding carboxylic acids is 1. The molecule has 1 amide bonds. The Labute approximate surface area is 188 Å². The molecule has 0 spiro atoms. The number of carbonyl (C=O) groups is 1. The van der Waals surface area contributed by atoms with E-state index in [0.717, 1.165) is 63.9 Å². The number of likely N-dealkylation sites (N-methyl/N-ethyl adjacent to an activating group) is 1. The summed E-state index contributed by atoms with van der Waals surface area (Å²) >= 11 is 0. The monoisotopic (exact) mass is 440 g/mol. The molecule has 1 atom stereocenters. The van der Waals surface area contributed by atoms with E-state index >= 15 is 4.39 Å². The van der Waals surface area contributed by atoms with Crippen LogP contribution in [0.5, 0.6) is 0 Å². The van der Waals surface area contributed by atoms with Gasteiger partial charge in [-0.2, -0.15) is 0 Å². The van der Waals surface area contributed by atoms with Crippen LogP contribution in [0.25, 0.3) is 10.9 Å². The molecule has 0 N–H and O–H groups in total. The van der Waals surface area contributed by atoms with Gasteiger partial charge >= 0.3 is 0 Å². The van der Waals surface area contributed by atoms with Crippen LogP contribution in [0.3, 0.4) is 0 Å². The number of rotatable bonds is 4. The standard InChI is InChI=1S/C25H33FN4O2/c1-3-27-9-11-28(12-10-27)23-14-22-19(13-21(23)26)24(31)20(16-30(22)18-6-7-18)25(32)29-8-4-5-17(2)15-29/h13-14,16-18H,3-12,15H2,1-2H3/t17-/m1/s1. The summed E-state index contributed by atoms with van der Waals surface area (Å²) in [4.78, 5) is 32.9. The lowest BCUT2D eigenvalue weighted by Gasteiger charge is -2.35. The van der Waals surface area contributed by atoms with Gasteiger partial charge in [-0.05, 0) is 50.3 Å².